The van der Waals surface area contributed by atoms with Gasteiger partial charge < -0.3 is 0 Å². The van der Waals surface area contributed by atoms with Gasteiger partial charge in [0.05, 0.1) is 0 Å². The van der Waals surface area contributed by atoms with Gasteiger partial charge in [-0.25, -0.2) is 0 Å². The topological polar surface area (TPSA) is 23.8 Å². The van der Waals surface area contributed by atoms with Crippen LogP contribution in [0, 0.1) is 10.7 Å². The minimum atomic E-state index is 1.44. The van der Waals surface area contributed by atoms with Crippen LogP contribution in [0.5, 0.6) is 0 Å². The van der Waals surface area contributed by atoms with Gasteiger partial charge in [0.1, 0.15) is 5.40 Å². The molecule has 0 aliphatic heterocycles. The molecule has 7 heavy (non-hydrogen) atoms. The lowest BCUT2D eigenvalue weighted by Gasteiger charge is -2.05. The first-order valence-electron chi connectivity index (χ1n) is 2.45. The second kappa shape index (κ2) is 5.84. The van der Waals surface area contributed by atoms with Crippen LogP contribution in [-0.4, -0.2) is 0 Å². The van der Waals surface area contributed by atoms with E-state index in [1.165, 1.54) is 31.1 Å². The maximum Gasteiger partial charge on any atom is 0.130 e. The molecule has 1 aliphatic carbocycles. The molecule has 1 saturated carbocycles. The fourth-order valence-electron chi connectivity index (χ4n) is 0.250. The number of thiol groups is 1. The first-order valence-corrected chi connectivity index (χ1v) is 2.89. The van der Waals surface area contributed by atoms with Crippen LogP contribution in [0.1, 0.15) is 25.7 Å². The molecule has 0 spiro atoms. The summed E-state index contributed by atoms with van der Waals surface area (Å²) < 4.78 is 0. The Morgan fingerprint density at radius 1 is 1.14 bits per heavy atom. The van der Waals surface area contributed by atoms with Gasteiger partial charge in [0.2, 0.25) is 0 Å². The van der Waals surface area contributed by atoms with Crippen LogP contribution >= 0.6 is 12.6 Å². The van der Waals surface area contributed by atoms with Crippen molar-refractivity contribution in [2.45, 2.75) is 25.7 Å². The zero-order valence-corrected chi connectivity index (χ0v) is 5.12. The third-order valence-electron chi connectivity index (χ3n) is 1.000. The highest BCUT2D eigenvalue weighted by Gasteiger charge is 1.95. The molecule has 0 aromatic rings. The molecule has 1 nitrogen and oxygen atoms in total. The molecule has 0 radical (unpaired) electrons. The Bertz CT molecular complexity index is 57.0. The molecule has 0 unspecified atom stereocenters. The molecule has 1 aliphatic rings. The average Bonchev–Trinajstić information content (AvgIpc) is 1.27. The Balaban J connectivity index is 0.000000110. The zero-order chi connectivity index (χ0) is 5.54. The van der Waals surface area contributed by atoms with Crippen molar-refractivity contribution in [1.82, 2.24) is 0 Å². The molecule has 0 aromatic carbocycles. The van der Waals surface area contributed by atoms with Gasteiger partial charge in [-0.3, -0.25) is 0 Å². The van der Waals surface area contributed by atoms with Crippen molar-refractivity contribution in [3.63, 3.8) is 0 Å². The summed E-state index contributed by atoms with van der Waals surface area (Å²) in [5.41, 5.74) is 0. The van der Waals surface area contributed by atoms with E-state index in [0.717, 1.165) is 0 Å². The maximum absolute atomic E-state index is 7.18. The number of rotatable bonds is 0. The van der Waals surface area contributed by atoms with E-state index in [-0.39, 0.29) is 0 Å². The Morgan fingerprint density at radius 3 is 1.29 bits per heavy atom. The van der Waals surface area contributed by atoms with Crippen LogP contribution < -0.4 is 0 Å². The van der Waals surface area contributed by atoms with E-state index in [2.05, 4.69) is 12.6 Å². The summed E-state index contributed by atoms with van der Waals surface area (Å²) in [5.74, 6) is 0. The fraction of sp³-hybridized carbons (Fsp3) is 0.800. The molecule has 0 saturated heterocycles. The van der Waals surface area contributed by atoms with E-state index in [1.54, 1.807) is 0 Å². The third-order valence-corrected chi connectivity index (χ3v) is 1.000. The first-order chi connectivity index (χ1) is 3.41. The lowest BCUT2D eigenvalue weighted by molar-refractivity contribution is 0.504. The summed E-state index contributed by atoms with van der Waals surface area (Å²) in [5, 5.41) is 8.63. The molecule has 0 bridgehead atoms. The van der Waals surface area contributed by atoms with Gasteiger partial charge in [0.25, 0.3) is 0 Å². The number of nitriles is 1. The molecule has 0 aromatic heterocycles. The predicted octanol–water partition coefficient (Wildman–Crippen LogP) is 1.96. The zero-order valence-electron chi connectivity index (χ0n) is 4.22. The summed E-state index contributed by atoms with van der Waals surface area (Å²) in [6.07, 6.45) is 6.00. The molecule has 40 valence electrons. The van der Waals surface area contributed by atoms with E-state index in [9.17, 15) is 0 Å². The molecular formula is C5H9NS. The number of thiocyanates is 1. The Morgan fingerprint density at radius 2 is 1.29 bits per heavy atom. The third kappa shape index (κ3) is 5.84. The highest BCUT2D eigenvalue weighted by molar-refractivity contribution is 7.85. The second-order valence-electron chi connectivity index (χ2n) is 1.51. The van der Waals surface area contributed by atoms with Crippen LogP contribution in [-0.2, 0) is 0 Å². The standard InChI is InChI=1S/C4H8.CHNS/c1-2-4-3-1;2-1-3/h1-4H2;3H. The molecule has 1 rings (SSSR count). The van der Waals surface area contributed by atoms with Gasteiger partial charge in [0.15, 0.2) is 0 Å². The maximum atomic E-state index is 7.18. The highest BCUT2D eigenvalue weighted by atomic mass is 32.1. The summed E-state index contributed by atoms with van der Waals surface area (Å²) in [6.45, 7) is 0. The van der Waals surface area contributed by atoms with Gasteiger partial charge >= 0.3 is 0 Å². The number of hydrogen-bond donors (Lipinski definition) is 1. The van der Waals surface area contributed by atoms with Gasteiger partial charge in [-0.1, -0.05) is 38.3 Å². The number of hydrogen-bond acceptors (Lipinski definition) is 2. The van der Waals surface area contributed by atoms with Crippen LogP contribution in [0.25, 0.3) is 0 Å². The van der Waals surface area contributed by atoms with E-state index in [4.69, 9.17) is 5.26 Å². The molecular weight excluding hydrogens is 106 g/mol. The largest absolute Gasteiger partial charge is 0.185 e. The van der Waals surface area contributed by atoms with Crippen LogP contribution in [0.2, 0.25) is 0 Å². The Hall–Kier alpha value is -0.160. The molecule has 0 heterocycles. The Labute approximate surface area is 49.7 Å². The minimum absolute atomic E-state index is 1.44. The monoisotopic (exact) mass is 115 g/mol. The molecule has 0 atom stereocenters. The van der Waals surface area contributed by atoms with Crippen LogP contribution in [0.15, 0.2) is 0 Å². The van der Waals surface area contributed by atoms with Crippen molar-refractivity contribution in [2.75, 3.05) is 0 Å². The van der Waals surface area contributed by atoms with E-state index in [0.29, 0.717) is 0 Å². The van der Waals surface area contributed by atoms with E-state index < -0.39 is 0 Å². The molecule has 2 heteroatoms. The fourth-order valence-corrected chi connectivity index (χ4v) is 0.250. The highest BCUT2D eigenvalue weighted by Crippen LogP contribution is 2.15. The lowest BCUT2D eigenvalue weighted by Crippen LogP contribution is -1.85. The molecule has 0 amide bonds. The average molecular weight is 115 g/mol. The quantitative estimate of drug-likeness (QED) is 0.378. The smallest absolute Gasteiger partial charge is 0.130 e. The summed E-state index contributed by atoms with van der Waals surface area (Å²) in [6, 6.07) is 0. The van der Waals surface area contributed by atoms with Crippen molar-refractivity contribution < 1.29 is 0 Å². The first kappa shape index (κ1) is 6.84. The Kier molecular flexibility index (Phi) is 5.71. The number of nitrogens with zero attached hydrogens (tertiary/aromatic N) is 1. The van der Waals surface area contributed by atoms with Crippen molar-refractivity contribution in [3.05, 3.63) is 0 Å². The summed E-state index contributed by atoms with van der Waals surface area (Å²) in [4.78, 5) is 0. The lowest BCUT2D eigenvalue weighted by atomic mass is 10.0. The van der Waals surface area contributed by atoms with Crippen molar-refractivity contribution in [1.29, 1.82) is 5.26 Å². The van der Waals surface area contributed by atoms with Gasteiger partial charge in [-0.15, -0.1) is 0 Å². The molecule has 1 fully saturated rings. The van der Waals surface area contributed by atoms with Crippen LogP contribution in [0.4, 0.5) is 0 Å². The van der Waals surface area contributed by atoms with Crippen molar-refractivity contribution in [3.8, 4) is 5.40 Å². The summed E-state index contributed by atoms with van der Waals surface area (Å²) in [7, 11) is 0. The van der Waals surface area contributed by atoms with Crippen molar-refractivity contribution >= 4 is 12.6 Å². The SMILES string of the molecule is C1CCC1.N#CS. The predicted molar refractivity (Wildman–Crippen MR) is 33.1 cm³/mol. The second-order valence-corrected chi connectivity index (χ2v) is 1.71. The van der Waals surface area contributed by atoms with E-state index >= 15 is 0 Å². The van der Waals surface area contributed by atoms with Gasteiger partial charge in [-0.2, -0.15) is 5.26 Å². The van der Waals surface area contributed by atoms with Crippen molar-refractivity contribution in [2.24, 2.45) is 0 Å². The van der Waals surface area contributed by atoms with Gasteiger partial charge in [-0.05, 0) is 0 Å². The summed E-state index contributed by atoms with van der Waals surface area (Å²) >= 11 is 3.09. The molecule has 0 N–H and O–H groups in total. The minimum Gasteiger partial charge on any atom is -0.185 e. The van der Waals surface area contributed by atoms with Crippen LogP contribution in [0.3, 0.4) is 0 Å². The normalized spacial score (nSPS) is 14.9. The van der Waals surface area contributed by atoms with Gasteiger partial charge in [0, 0.05) is 0 Å². The van der Waals surface area contributed by atoms with E-state index in [1.807, 2.05) is 0 Å².